The summed E-state index contributed by atoms with van der Waals surface area (Å²) in [5, 5.41) is 5.23. The van der Waals surface area contributed by atoms with E-state index in [0.717, 1.165) is 24.4 Å². The zero-order valence-electron chi connectivity index (χ0n) is 7.60. The summed E-state index contributed by atoms with van der Waals surface area (Å²) in [7, 11) is 0. The van der Waals surface area contributed by atoms with Gasteiger partial charge < -0.3 is 0 Å². The Morgan fingerprint density at radius 3 is 3.00 bits per heavy atom. The molecule has 0 radical (unpaired) electrons. The highest BCUT2D eigenvalue weighted by molar-refractivity contribution is 7.03. The van der Waals surface area contributed by atoms with Gasteiger partial charge in [0.05, 0.1) is 6.10 Å². The lowest BCUT2D eigenvalue weighted by Gasteiger charge is -2.09. The lowest BCUT2D eigenvalue weighted by atomic mass is 10.3. The number of hydrogen-bond donors (Lipinski definition) is 1. The van der Waals surface area contributed by atoms with Crippen molar-refractivity contribution in [3.8, 4) is 0 Å². The summed E-state index contributed by atoms with van der Waals surface area (Å²) in [6.45, 7) is 0. The third-order valence-corrected chi connectivity index (χ3v) is 2.72. The van der Waals surface area contributed by atoms with Gasteiger partial charge in [0.15, 0.2) is 5.69 Å². The largest absolute Gasteiger partial charge is 0.296 e. The van der Waals surface area contributed by atoms with Gasteiger partial charge in [0.25, 0.3) is 5.91 Å². The van der Waals surface area contributed by atoms with Crippen LogP contribution in [0.25, 0.3) is 0 Å². The maximum absolute atomic E-state index is 11.3. The van der Waals surface area contributed by atoms with Crippen molar-refractivity contribution in [1.82, 2.24) is 15.1 Å². The first-order valence-corrected chi connectivity index (χ1v) is 5.43. The molecular weight excluding hydrogens is 202 g/mol. The number of carbonyl (C=O) groups is 1. The Balaban J connectivity index is 1.78. The van der Waals surface area contributed by atoms with Crippen molar-refractivity contribution in [1.29, 1.82) is 0 Å². The van der Waals surface area contributed by atoms with Gasteiger partial charge in [0, 0.05) is 5.38 Å². The van der Waals surface area contributed by atoms with E-state index in [9.17, 15) is 4.79 Å². The van der Waals surface area contributed by atoms with Gasteiger partial charge in [-0.05, 0) is 24.4 Å². The molecule has 1 aromatic rings. The van der Waals surface area contributed by atoms with Gasteiger partial charge in [0.1, 0.15) is 0 Å². The van der Waals surface area contributed by atoms with Crippen molar-refractivity contribution in [3.63, 3.8) is 0 Å². The highest BCUT2D eigenvalue weighted by atomic mass is 32.1. The van der Waals surface area contributed by atoms with Gasteiger partial charge in [-0.25, -0.2) is 5.48 Å². The molecule has 0 aliphatic heterocycles. The van der Waals surface area contributed by atoms with Crippen LogP contribution in [0.15, 0.2) is 5.38 Å². The summed E-state index contributed by atoms with van der Waals surface area (Å²) in [6, 6.07) is 0. The van der Waals surface area contributed by atoms with Crippen molar-refractivity contribution in [2.75, 3.05) is 0 Å². The molecule has 1 saturated carbocycles. The lowest BCUT2D eigenvalue weighted by Crippen LogP contribution is -2.28. The van der Waals surface area contributed by atoms with E-state index < -0.39 is 0 Å². The van der Waals surface area contributed by atoms with Crippen LogP contribution in [0.5, 0.6) is 0 Å². The number of hydrogen-bond acceptors (Lipinski definition) is 5. The molecule has 1 heterocycles. The third kappa shape index (κ3) is 2.27. The van der Waals surface area contributed by atoms with Crippen LogP contribution >= 0.6 is 11.5 Å². The van der Waals surface area contributed by atoms with Crippen LogP contribution in [0.4, 0.5) is 0 Å². The van der Waals surface area contributed by atoms with E-state index >= 15 is 0 Å². The van der Waals surface area contributed by atoms with Crippen LogP contribution in [0.3, 0.4) is 0 Å². The number of aromatic nitrogens is 2. The number of nitrogens with zero attached hydrogens (tertiary/aromatic N) is 2. The Labute approximate surface area is 85.6 Å². The summed E-state index contributed by atoms with van der Waals surface area (Å²) in [5.74, 6) is -0.314. The normalized spacial score (nSPS) is 17.1. The van der Waals surface area contributed by atoms with Crippen molar-refractivity contribution >= 4 is 17.4 Å². The fourth-order valence-electron chi connectivity index (χ4n) is 1.46. The van der Waals surface area contributed by atoms with E-state index in [4.69, 9.17) is 4.84 Å². The van der Waals surface area contributed by atoms with E-state index in [1.54, 1.807) is 5.38 Å². The smallest absolute Gasteiger partial charge is 0.270 e. The predicted molar refractivity (Wildman–Crippen MR) is 50.7 cm³/mol. The standard InChI is InChI=1S/C8H11N3O2S/c12-8(7-5-14-11-9-7)10-13-6-3-1-2-4-6/h5-6H,1-4H2,(H,10,12). The quantitative estimate of drug-likeness (QED) is 0.765. The second-order valence-corrected chi connectivity index (χ2v) is 3.86. The van der Waals surface area contributed by atoms with Crippen LogP contribution in [0.1, 0.15) is 36.2 Å². The molecule has 1 aliphatic carbocycles. The van der Waals surface area contributed by atoms with Gasteiger partial charge in [-0.15, -0.1) is 5.10 Å². The lowest BCUT2D eigenvalue weighted by molar-refractivity contribution is -0.0127. The van der Waals surface area contributed by atoms with Crippen LogP contribution in [0.2, 0.25) is 0 Å². The highest BCUT2D eigenvalue weighted by Crippen LogP contribution is 2.19. The Hall–Kier alpha value is -1.01. The minimum Gasteiger partial charge on any atom is -0.270 e. The molecule has 1 amide bonds. The molecule has 6 heteroatoms. The Bertz CT molecular complexity index is 296. The van der Waals surface area contributed by atoms with E-state index in [2.05, 4.69) is 15.1 Å². The third-order valence-electron chi connectivity index (χ3n) is 2.21. The van der Waals surface area contributed by atoms with E-state index in [1.165, 1.54) is 12.8 Å². The fraction of sp³-hybridized carbons (Fsp3) is 0.625. The zero-order chi connectivity index (χ0) is 9.80. The number of hydroxylamine groups is 1. The van der Waals surface area contributed by atoms with E-state index in [1.807, 2.05) is 0 Å². The number of rotatable bonds is 3. The summed E-state index contributed by atoms with van der Waals surface area (Å²) in [5.41, 5.74) is 2.71. The van der Waals surface area contributed by atoms with Crippen molar-refractivity contribution in [3.05, 3.63) is 11.1 Å². The molecule has 1 aromatic heterocycles. The average molecular weight is 213 g/mol. The molecule has 14 heavy (non-hydrogen) atoms. The van der Waals surface area contributed by atoms with Crippen molar-refractivity contribution in [2.24, 2.45) is 0 Å². The van der Waals surface area contributed by atoms with E-state index in [-0.39, 0.29) is 12.0 Å². The molecule has 1 fully saturated rings. The second kappa shape index (κ2) is 4.47. The topological polar surface area (TPSA) is 64.1 Å². The maximum Gasteiger partial charge on any atom is 0.296 e. The van der Waals surface area contributed by atoms with Crippen LogP contribution in [0, 0.1) is 0 Å². The summed E-state index contributed by atoms with van der Waals surface area (Å²) in [6.07, 6.45) is 4.58. The Morgan fingerprint density at radius 1 is 1.57 bits per heavy atom. The predicted octanol–water partition coefficient (Wildman–Crippen LogP) is 1.14. The first-order chi connectivity index (χ1) is 6.86. The minimum atomic E-state index is -0.314. The van der Waals surface area contributed by atoms with Gasteiger partial charge >= 0.3 is 0 Å². The van der Waals surface area contributed by atoms with Crippen LogP contribution < -0.4 is 5.48 Å². The summed E-state index contributed by atoms with van der Waals surface area (Å²) < 4.78 is 3.60. The molecule has 0 bridgehead atoms. The monoisotopic (exact) mass is 213 g/mol. The average Bonchev–Trinajstić information content (AvgIpc) is 2.87. The number of nitrogens with one attached hydrogen (secondary N) is 1. The van der Waals surface area contributed by atoms with Gasteiger partial charge in [-0.2, -0.15) is 0 Å². The Kier molecular flexibility index (Phi) is 3.05. The highest BCUT2D eigenvalue weighted by Gasteiger charge is 2.17. The molecule has 0 spiro atoms. The summed E-state index contributed by atoms with van der Waals surface area (Å²) in [4.78, 5) is 16.6. The molecule has 0 unspecified atom stereocenters. The molecule has 0 saturated heterocycles. The van der Waals surface area contributed by atoms with E-state index in [0.29, 0.717) is 5.69 Å². The van der Waals surface area contributed by atoms with Gasteiger partial charge in [-0.3, -0.25) is 9.63 Å². The molecule has 0 atom stereocenters. The van der Waals surface area contributed by atoms with Gasteiger partial charge in [-0.1, -0.05) is 17.3 Å². The first kappa shape index (κ1) is 9.54. The molecule has 1 aliphatic rings. The van der Waals surface area contributed by atoms with Crippen LogP contribution in [-0.4, -0.2) is 21.6 Å². The fourth-order valence-corrected chi connectivity index (χ4v) is 1.90. The van der Waals surface area contributed by atoms with Crippen molar-refractivity contribution < 1.29 is 9.63 Å². The maximum atomic E-state index is 11.3. The van der Waals surface area contributed by atoms with Crippen LogP contribution in [-0.2, 0) is 4.84 Å². The zero-order valence-corrected chi connectivity index (χ0v) is 8.42. The second-order valence-electron chi connectivity index (χ2n) is 3.25. The SMILES string of the molecule is O=C(NOC1CCCC1)c1csnn1. The molecule has 0 aromatic carbocycles. The molecule has 5 nitrogen and oxygen atoms in total. The minimum absolute atomic E-state index is 0.172. The molecule has 1 N–H and O–H groups in total. The first-order valence-electron chi connectivity index (χ1n) is 4.59. The molecular formula is C8H11N3O2S. The Morgan fingerprint density at radius 2 is 2.36 bits per heavy atom. The van der Waals surface area contributed by atoms with Crippen molar-refractivity contribution in [2.45, 2.75) is 31.8 Å². The number of amides is 1. The molecule has 2 rings (SSSR count). The number of carbonyl (C=O) groups excluding carboxylic acids is 1. The molecule has 76 valence electrons. The van der Waals surface area contributed by atoms with Gasteiger partial charge in [0.2, 0.25) is 0 Å². The summed E-state index contributed by atoms with van der Waals surface area (Å²) >= 11 is 1.15.